The van der Waals surface area contributed by atoms with Crippen LogP contribution in [0.3, 0.4) is 0 Å². The third-order valence-electron chi connectivity index (χ3n) is 5.78. The first kappa shape index (κ1) is 29.3. The van der Waals surface area contributed by atoms with Crippen molar-refractivity contribution in [2.45, 2.75) is 45.0 Å². The first-order valence-electron chi connectivity index (χ1n) is 12.1. The molecule has 1 amide bonds. The number of nitrogens with zero attached hydrogens (tertiary/aromatic N) is 5. The van der Waals surface area contributed by atoms with Gasteiger partial charge in [-0.2, -0.15) is 13.2 Å². The van der Waals surface area contributed by atoms with Crippen molar-refractivity contribution >= 4 is 5.91 Å². The molecular formula is C26H22F6N6O3. The summed E-state index contributed by atoms with van der Waals surface area (Å²) in [6, 6.07) is 7.62. The van der Waals surface area contributed by atoms with Gasteiger partial charge in [-0.3, -0.25) is 14.6 Å². The highest BCUT2D eigenvalue weighted by Gasteiger charge is 2.30. The number of hydrogen-bond donors (Lipinski definition) is 1. The van der Waals surface area contributed by atoms with Gasteiger partial charge in [-0.05, 0) is 42.3 Å². The summed E-state index contributed by atoms with van der Waals surface area (Å²) in [7, 11) is 0. The number of carbonyl (C=O) groups excluding carboxylic acids is 1. The minimum atomic E-state index is -4.55. The molecule has 0 fully saturated rings. The van der Waals surface area contributed by atoms with Crippen LogP contribution in [0.15, 0.2) is 65.8 Å². The van der Waals surface area contributed by atoms with Gasteiger partial charge in [0.05, 0.1) is 30.5 Å². The molecule has 41 heavy (non-hydrogen) atoms. The van der Waals surface area contributed by atoms with E-state index < -0.39 is 46.8 Å². The number of nitrogens with one attached hydrogen (secondary N) is 1. The summed E-state index contributed by atoms with van der Waals surface area (Å²) in [5.74, 6) is -3.04. The number of hydrogen-bond acceptors (Lipinski definition) is 6. The zero-order valence-electron chi connectivity index (χ0n) is 21.1. The van der Waals surface area contributed by atoms with Gasteiger partial charge in [0, 0.05) is 25.0 Å². The van der Waals surface area contributed by atoms with E-state index in [0.717, 1.165) is 35.1 Å². The van der Waals surface area contributed by atoms with Crippen molar-refractivity contribution in [3.05, 3.63) is 106 Å². The van der Waals surface area contributed by atoms with Gasteiger partial charge in [-0.25, -0.2) is 17.9 Å². The van der Waals surface area contributed by atoms with E-state index >= 15 is 0 Å². The van der Waals surface area contributed by atoms with Crippen molar-refractivity contribution in [3.63, 3.8) is 0 Å². The monoisotopic (exact) mass is 580 g/mol. The molecule has 0 aliphatic rings. The number of alkyl halides is 4. The molecule has 0 aliphatic heterocycles. The van der Waals surface area contributed by atoms with Gasteiger partial charge in [0.2, 0.25) is 0 Å². The van der Waals surface area contributed by atoms with Crippen LogP contribution in [0, 0.1) is 11.6 Å². The van der Waals surface area contributed by atoms with Crippen molar-refractivity contribution in [1.29, 1.82) is 0 Å². The smallest absolute Gasteiger partial charge is 0.416 e. The van der Waals surface area contributed by atoms with Crippen LogP contribution in [-0.2, 0) is 32.4 Å². The molecule has 1 N–H and O–H groups in total. The number of halogens is 6. The molecule has 216 valence electrons. The maximum atomic E-state index is 14.6. The average molecular weight is 580 g/mol. The molecule has 0 saturated carbocycles. The predicted octanol–water partition coefficient (Wildman–Crippen LogP) is 4.07. The number of aryl methyl sites for hydroxylation is 1. The summed E-state index contributed by atoms with van der Waals surface area (Å²) in [5, 5.41) is 9.72. The molecule has 0 saturated heterocycles. The Bertz CT molecular complexity index is 1550. The summed E-state index contributed by atoms with van der Waals surface area (Å²) in [5.41, 5.74) is -1.20. The van der Waals surface area contributed by atoms with Crippen molar-refractivity contribution in [3.8, 4) is 5.75 Å². The van der Waals surface area contributed by atoms with Crippen molar-refractivity contribution in [2.24, 2.45) is 0 Å². The summed E-state index contributed by atoms with van der Waals surface area (Å²) in [6.07, 6.45) is -2.54. The third-order valence-corrected chi connectivity index (χ3v) is 5.78. The van der Waals surface area contributed by atoms with E-state index in [4.69, 9.17) is 4.74 Å². The van der Waals surface area contributed by atoms with E-state index in [9.17, 15) is 35.9 Å². The lowest BCUT2D eigenvalue weighted by Gasteiger charge is -2.11. The van der Waals surface area contributed by atoms with Crippen LogP contribution < -0.4 is 15.6 Å². The topological polar surface area (TPSA) is 104 Å². The Morgan fingerprint density at radius 1 is 1.10 bits per heavy atom. The average Bonchev–Trinajstić information content (AvgIpc) is 3.39. The Kier molecular flexibility index (Phi) is 9.04. The van der Waals surface area contributed by atoms with E-state index in [2.05, 4.69) is 20.6 Å². The van der Waals surface area contributed by atoms with Gasteiger partial charge in [0.25, 0.3) is 11.5 Å². The van der Waals surface area contributed by atoms with E-state index in [1.165, 1.54) is 35.2 Å². The minimum Gasteiger partial charge on any atom is -0.483 e. The largest absolute Gasteiger partial charge is 0.483 e. The molecule has 9 nitrogen and oxygen atoms in total. The molecule has 3 aromatic heterocycles. The number of carbonyl (C=O) groups is 1. The van der Waals surface area contributed by atoms with Crippen LogP contribution in [0.1, 0.15) is 33.7 Å². The Morgan fingerprint density at radius 3 is 2.56 bits per heavy atom. The molecule has 15 heteroatoms. The predicted molar refractivity (Wildman–Crippen MR) is 131 cm³/mol. The van der Waals surface area contributed by atoms with Gasteiger partial charge >= 0.3 is 6.18 Å². The van der Waals surface area contributed by atoms with E-state index in [1.807, 2.05) is 0 Å². The lowest BCUT2D eigenvalue weighted by Crippen LogP contribution is -2.24. The maximum absolute atomic E-state index is 14.6. The minimum absolute atomic E-state index is 0.00904. The number of amides is 1. The number of pyridine rings is 2. The highest BCUT2D eigenvalue weighted by atomic mass is 19.4. The molecule has 0 radical (unpaired) electrons. The molecule has 1 unspecified atom stereocenters. The normalized spacial score (nSPS) is 12.2. The fourth-order valence-electron chi connectivity index (χ4n) is 3.68. The highest BCUT2D eigenvalue weighted by Crippen LogP contribution is 2.29. The van der Waals surface area contributed by atoms with Crippen LogP contribution in [-0.4, -0.2) is 36.6 Å². The number of ether oxygens (including phenoxy) is 1. The molecule has 4 rings (SSSR count). The molecule has 4 aromatic rings. The lowest BCUT2D eigenvalue weighted by molar-refractivity contribution is -0.137. The van der Waals surface area contributed by atoms with Gasteiger partial charge in [0.1, 0.15) is 12.8 Å². The number of benzene rings is 1. The van der Waals surface area contributed by atoms with E-state index in [-0.39, 0.29) is 44.0 Å². The van der Waals surface area contributed by atoms with Gasteiger partial charge in [-0.15, -0.1) is 5.10 Å². The van der Waals surface area contributed by atoms with Gasteiger partial charge in [-0.1, -0.05) is 11.3 Å². The van der Waals surface area contributed by atoms with Crippen LogP contribution in [0.5, 0.6) is 5.75 Å². The molecular weight excluding hydrogens is 558 g/mol. The van der Waals surface area contributed by atoms with Crippen LogP contribution in [0.2, 0.25) is 0 Å². The zero-order chi connectivity index (χ0) is 29.6. The van der Waals surface area contributed by atoms with E-state index in [0.29, 0.717) is 5.56 Å². The molecule has 1 aromatic carbocycles. The fourth-order valence-corrected chi connectivity index (χ4v) is 3.68. The van der Waals surface area contributed by atoms with E-state index in [1.54, 1.807) is 0 Å². The molecule has 0 spiro atoms. The Labute approximate surface area is 228 Å². The molecule has 0 aliphatic carbocycles. The van der Waals surface area contributed by atoms with Gasteiger partial charge in [0.15, 0.2) is 23.1 Å². The highest BCUT2D eigenvalue weighted by molar-refractivity contribution is 5.91. The maximum Gasteiger partial charge on any atom is 0.416 e. The summed E-state index contributed by atoms with van der Waals surface area (Å²) in [4.78, 5) is 28.4. The van der Waals surface area contributed by atoms with Crippen LogP contribution >= 0.6 is 0 Å². The first-order valence-corrected chi connectivity index (χ1v) is 12.1. The molecule has 1 atom stereocenters. The third kappa shape index (κ3) is 7.93. The number of aromatic nitrogens is 5. The SMILES string of the molecule is O=C(NCc1cc(C(F)(F)F)ccn1)c1cn(CC(F)CCn2ccc(COc3c(F)cccc3F)cc2=O)nn1. The standard InChI is InChI=1S/C26H22F6N6O3/c27-18(6-9-37-8-5-16(10-23(37)39)15-41-24-20(28)2-1-3-21(24)29)13-38-14-22(35-36-38)25(40)34-12-19-11-17(4-7-33-19)26(30,31)32/h1-5,7-8,10-11,14,18H,6,9,12-13,15H2,(H,34,40). The Balaban J connectivity index is 1.25. The Morgan fingerprint density at radius 2 is 1.85 bits per heavy atom. The first-order chi connectivity index (χ1) is 19.5. The van der Waals surface area contributed by atoms with Crippen LogP contribution in [0.4, 0.5) is 26.3 Å². The quantitative estimate of drug-likeness (QED) is 0.269. The van der Waals surface area contributed by atoms with Crippen molar-refractivity contribution in [2.75, 3.05) is 0 Å². The second-order valence-electron chi connectivity index (χ2n) is 8.83. The number of rotatable bonds is 11. The van der Waals surface area contributed by atoms with Gasteiger partial charge < -0.3 is 14.6 Å². The fraction of sp³-hybridized carbons (Fsp3) is 0.269. The summed E-state index contributed by atoms with van der Waals surface area (Å²) >= 11 is 0. The molecule has 0 bridgehead atoms. The summed E-state index contributed by atoms with van der Waals surface area (Å²) in [6.45, 7) is -0.807. The van der Waals surface area contributed by atoms with Crippen molar-refractivity contribution in [1.82, 2.24) is 29.9 Å². The second kappa shape index (κ2) is 12.7. The van der Waals surface area contributed by atoms with Crippen molar-refractivity contribution < 1.29 is 35.9 Å². The summed E-state index contributed by atoms with van der Waals surface area (Å²) < 4.78 is 87.9. The molecule has 3 heterocycles. The second-order valence-corrected chi connectivity index (χ2v) is 8.83. The lowest BCUT2D eigenvalue weighted by atomic mass is 10.2. The Hall–Kier alpha value is -4.69. The van der Waals surface area contributed by atoms with Crippen LogP contribution in [0.25, 0.3) is 0 Å². The zero-order valence-corrected chi connectivity index (χ0v) is 21.1. The number of para-hydroxylation sites is 1.